The Bertz CT molecular complexity index is 335. The lowest BCUT2D eigenvalue weighted by atomic mass is 10.2. The van der Waals surface area contributed by atoms with Crippen LogP contribution in [0.4, 0.5) is 4.79 Å². The third-order valence-electron chi connectivity index (χ3n) is 2.69. The molecule has 1 heterocycles. The van der Waals surface area contributed by atoms with Gasteiger partial charge in [-0.25, -0.2) is 9.59 Å². The maximum Gasteiger partial charge on any atom is 0.327 e. The van der Waals surface area contributed by atoms with E-state index in [1.807, 2.05) is 11.8 Å². The molecule has 2 amide bonds. The molecule has 100 valence electrons. The van der Waals surface area contributed by atoms with Crippen LogP contribution in [0.3, 0.4) is 0 Å². The molecule has 0 aliphatic carbocycles. The Balaban J connectivity index is 2.27. The van der Waals surface area contributed by atoms with Crippen molar-refractivity contribution in [2.75, 3.05) is 12.3 Å². The van der Waals surface area contributed by atoms with E-state index in [-0.39, 0.29) is 6.42 Å². The molecule has 0 aromatic rings. The average molecular weight is 270 g/mol. The molecule has 2 atom stereocenters. The van der Waals surface area contributed by atoms with Crippen LogP contribution in [0.25, 0.3) is 0 Å². The van der Waals surface area contributed by atoms with Crippen molar-refractivity contribution in [2.45, 2.75) is 37.0 Å². The van der Waals surface area contributed by atoms with Crippen LogP contribution < -0.4 is 10.6 Å². The van der Waals surface area contributed by atoms with Crippen molar-refractivity contribution in [3.05, 3.63) is 0 Å². The van der Waals surface area contributed by atoms with E-state index in [4.69, 9.17) is 11.5 Å². The van der Waals surface area contributed by atoms with Crippen molar-refractivity contribution in [1.29, 1.82) is 0 Å². The molecule has 0 saturated carbocycles. The minimum atomic E-state index is -1.12. The van der Waals surface area contributed by atoms with E-state index in [1.165, 1.54) is 12.8 Å². The zero-order valence-corrected chi connectivity index (χ0v) is 11.0. The molecule has 0 aromatic heterocycles. The van der Waals surface area contributed by atoms with Gasteiger partial charge in [0.05, 0.1) is 0 Å². The standard InChI is InChI=1S/C12H18N2O3S/c1-2-5-10(11(15)16)14-12(17)13-8-9-6-3-4-7-18-9/h1,9-10H,3-8H2,(H,15,16)(H2,13,14,17). The van der Waals surface area contributed by atoms with E-state index in [0.29, 0.717) is 11.8 Å². The molecule has 2 unspecified atom stereocenters. The minimum absolute atomic E-state index is 0.0130. The minimum Gasteiger partial charge on any atom is -0.480 e. The average Bonchev–Trinajstić information content (AvgIpc) is 2.37. The van der Waals surface area contributed by atoms with Gasteiger partial charge < -0.3 is 15.7 Å². The molecule has 1 fully saturated rings. The second kappa shape index (κ2) is 7.88. The smallest absolute Gasteiger partial charge is 0.327 e. The van der Waals surface area contributed by atoms with Gasteiger partial charge in [0.2, 0.25) is 0 Å². The molecule has 1 rings (SSSR count). The van der Waals surface area contributed by atoms with E-state index < -0.39 is 18.0 Å². The molecule has 1 saturated heterocycles. The van der Waals surface area contributed by atoms with Gasteiger partial charge in [0.25, 0.3) is 0 Å². The van der Waals surface area contributed by atoms with Gasteiger partial charge in [0, 0.05) is 18.2 Å². The summed E-state index contributed by atoms with van der Waals surface area (Å²) in [5.41, 5.74) is 0. The van der Waals surface area contributed by atoms with Gasteiger partial charge in [-0.15, -0.1) is 12.3 Å². The van der Waals surface area contributed by atoms with Gasteiger partial charge in [0.15, 0.2) is 0 Å². The van der Waals surface area contributed by atoms with Gasteiger partial charge >= 0.3 is 12.0 Å². The summed E-state index contributed by atoms with van der Waals surface area (Å²) in [6.45, 7) is 0.568. The Morgan fingerprint density at radius 2 is 2.28 bits per heavy atom. The zero-order valence-electron chi connectivity index (χ0n) is 10.1. The number of carbonyl (C=O) groups excluding carboxylic acids is 1. The van der Waals surface area contributed by atoms with Gasteiger partial charge in [-0.1, -0.05) is 6.42 Å². The number of hydrogen-bond acceptors (Lipinski definition) is 3. The van der Waals surface area contributed by atoms with E-state index in [0.717, 1.165) is 12.2 Å². The second-order valence-electron chi connectivity index (χ2n) is 4.14. The highest BCUT2D eigenvalue weighted by Gasteiger charge is 2.20. The van der Waals surface area contributed by atoms with Crippen molar-refractivity contribution in [2.24, 2.45) is 0 Å². The first-order valence-electron chi connectivity index (χ1n) is 5.95. The lowest BCUT2D eigenvalue weighted by Crippen LogP contribution is -2.47. The highest BCUT2D eigenvalue weighted by atomic mass is 32.2. The first-order valence-corrected chi connectivity index (χ1v) is 7.00. The second-order valence-corrected chi connectivity index (χ2v) is 5.55. The molecule has 3 N–H and O–H groups in total. The Kier molecular flexibility index (Phi) is 6.44. The predicted octanol–water partition coefficient (Wildman–Crippen LogP) is 1.05. The largest absolute Gasteiger partial charge is 0.480 e. The number of urea groups is 1. The highest BCUT2D eigenvalue weighted by molar-refractivity contribution is 7.99. The van der Waals surface area contributed by atoms with E-state index in [2.05, 4.69) is 16.6 Å². The molecule has 6 heteroatoms. The summed E-state index contributed by atoms with van der Waals surface area (Å²) in [5, 5.41) is 14.3. The fourth-order valence-electron chi connectivity index (χ4n) is 1.70. The summed E-state index contributed by atoms with van der Waals surface area (Å²) in [5.74, 6) is 2.24. The summed E-state index contributed by atoms with van der Waals surface area (Å²) >= 11 is 1.85. The molecule has 0 bridgehead atoms. The Hall–Kier alpha value is -1.35. The Morgan fingerprint density at radius 1 is 1.50 bits per heavy atom. The van der Waals surface area contributed by atoms with Gasteiger partial charge in [-0.3, -0.25) is 0 Å². The molecule has 5 nitrogen and oxygen atoms in total. The molecular formula is C12H18N2O3S. The van der Waals surface area contributed by atoms with Crippen molar-refractivity contribution in [3.8, 4) is 12.3 Å². The monoisotopic (exact) mass is 270 g/mol. The van der Waals surface area contributed by atoms with Crippen molar-refractivity contribution >= 4 is 23.8 Å². The van der Waals surface area contributed by atoms with Gasteiger partial charge in [0.1, 0.15) is 6.04 Å². The fraction of sp³-hybridized carbons (Fsp3) is 0.667. The third-order valence-corrected chi connectivity index (χ3v) is 4.09. The quantitative estimate of drug-likeness (QED) is 0.652. The lowest BCUT2D eigenvalue weighted by Gasteiger charge is -2.22. The van der Waals surface area contributed by atoms with Crippen LogP contribution in [0.5, 0.6) is 0 Å². The number of aliphatic carboxylic acids is 1. The number of carboxylic acids is 1. The number of thioether (sulfide) groups is 1. The summed E-state index contributed by atoms with van der Waals surface area (Å²) in [6.07, 6.45) is 8.55. The topological polar surface area (TPSA) is 78.4 Å². The number of carbonyl (C=O) groups is 2. The summed E-state index contributed by atoms with van der Waals surface area (Å²) < 4.78 is 0. The van der Waals surface area contributed by atoms with Gasteiger partial charge in [-0.05, 0) is 18.6 Å². The number of carboxylic acid groups (broad SMARTS) is 1. The number of rotatable bonds is 5. The normalized spacial score (nSPS) is 20.5. The lowest BCUT2D eigenvalue weighted by molar-refractivity contribution is -0.139. The molecule has 0 spiro atoms. The molecule has 1 aliphatic rings. The fourth-order valence-corrected chi connectivity index (χ4v) is 2.94. The maximum atomic E-state index is 11.5. The number of hydrogen-bond donors (Lipinski definition) is 3. The van der Waals surface area contributed by atoms with Crippen LogP contribution in [0.1, 0.15) is 25.7 Å². The van der Waals surface area contributed by atoms with Crippen molar-refractivity contribution in [3.63, 3.8) is 0 Å². The number of nitrogens with one attached hydrogen (secondary N) is 2. The summed E-state index contributed by atoms with van der Waals surface area (Å²) in [6, 6.07) is -1.49. The number of terminal acetylenes is 1. The van der Waals surface area contributed by atoms with Crippen molar-refractivity contribution in [1.82, 2.24) is 10.6 Å². The van der Waals surface area contributed by atoms with Crippen LogP contribution in [-0.2, 0) is 4.79 Å². The van der Waals surface area contributed by atoms with Crippen molar-refractivity contribution < 1.29 is 14.7 Å². The van der Waals surface area contributed by atoms with E-state index in [9.17, 15) is 9.59 Å². The van der Waals surface area contributed by atoms with E-state index in [1.54, 1.807) is 0 Å². The third kappa shape index (κ3) is 5.32. The highest BCUT2D eigenvalue weighted by Crippen LogP contribution is 2.24. The first kappa shape index (κ1) is 14.7. The van der Waals surface area contributed by atoms with E-state index >= 15 is 0 Å². The van der Waals surface area contributed by atoms with Crippen LogP contribution in [-0.4, -0.2) is 40.7 Å². The molecule has 1 aliphatic heterocycles. The molecule has 0 radical (unpaired) electrons. The molecular weight excluding hydrogens is 252 g/mol. The van der Waals surface area contributed by atoms with Crippen LogP contribution in [0, 0.1) is 12.3 Å². The molecule has 0 aromatic carbocycles. The van der Waals surface area contributed by atoms with Crippen LogP contribution in [0.2, 0.25) is 0 Å². The predicted molar refractivity (Wildman–Crippen MR) is 71.5 cm³/mol. The zero-order chi connectivity index (χ0) is 13.4. The number of amides is 2. The van der Waals surface area contributed by atoms with Crippen LogP contribution >= 0.6 is 11.8 Å². The summed E-state index contributed by atoms with van der Waals surface area (Å²) in [7, 11) is 0. The maximum absolute atomic E-state index is 11.5. The Labute approximate surface area is 111 Å². The Morgan fingerprint density at radius 3 is 2.83 bits per heavy atom. The summed E-state index contributed by atoms with van der Waals surface area (Å²) in [4.78, 5) is 22.3. The van der Waals surface area contributed by atoms with Crippen LogP contribution in [0.15, 0.2) is 0 Å². The first-order chi connectivity index (χ1) is 8.63. The SMILES string of the molecule is C#CCC(NC(=O)NCC1CCCCS1)C(=O)O. The van der Waals surface area contributed by atoms with Gasteiger partial charge in [-0.2, -0.15) is 11.8 Å². The molecule has 18 heavy (non-hydrogen) atoms.